The highest BCUT2D eigenvalue weighted by molar-refractivity contribution is 6.00. The number of fused-ring (bicyclic) bond motifs is 1. The molecule has 5 rings (SSSR count). The smallest absolute Gasteiger partial charge is 0.248 e. The third kappa shape index (κ3) is 6.19. The van der Waals surface area contributed by atoms with E-state index in [2.05, 4.69) is 47.6 Å². The zero-order chi connectivity index (χ0) is 28.2. The zero-order valence-corrected chi connectivity index (χ0v) is 22.6. The van der Waals surface area contributed by atoms with Gasteiger partial charge in [-0.15, -0.1) is 0 Å². The van der Waals surface area contributed by atoms with Crippen LogP contribution in [0.5, 0.6) is 5.75 Å². The number of phenolic OH excluding ortho intramolecular Hbond substituents is 1. The van der Waals surface area contributed by atoms with E-state index < -0.39 is 5.82 Å². The summed E-state index contributed by atoms with van der Waals surface area (Å²) >= 11 is 0. The molecule has 0 bridgehead atoms. The van der Waals surface area contributed by atoms with Crippen molar-refractivity contribution >= 4 is 40.0 Å². The minimum absolute atomic E-state index is 0.191. The summed E-state index contributed by atoms with van der Waals surface area (Å²) in [6.07, 6.45) is 4.73. The molecule has 208 valence electrons. The summed E-state index contributed by atoms with van der Waals surface area (Å²) in [7, 11) is 5.89. The van der Waals surface area contributed by atoms with Gasteiger partial charge in [0.15, 0.2) is 5.65 Å². The number of amides is 1. The molecule has 4 aromatic rings. The van der Waals surface area contributed by atoms with E-state index in [-0.39, 0.29) is 23.2 Å². The van der Waals surface area contributed by atoms with E-state index in [0.29, 0.717) is 34.6 Å². The Morgan fingerprint density at radius 3 is 2.67 bits per heavy atom. The van der Waals surface area contributed by atoms with E-state index in [9.17, 15) is 9.90 Å². The van der Waals surface area contributed by atoms with E-state index in [1.807, 2.05) is 25.1 Å². The Morgan fingerprint density at radius 2 is 1.90 bits per heavy atom. The van der Waals surface area contributed by atoms with Gasteiger partial charge in [-0.1, -0.05) is 6.08 Å². The number of aromatic amines is 1. The summed E-state index contributed by atoms with van der Waals surface area (Å²) in [5.41, 5.74) is 2.74. The number of halogens is 1. The molecule has 1 aliphatic heterocycles. The summed E-state index contributed by atoms with van der Waals surface area (Å²) in [4.78, 5) is 27.8. The van der Waals surface area contributed by atoms with Crippen LogP contribution in [-0.2, 0) is 4.79 Å². The van der Waals surface area contributed by atoms with Crippen LogP contribution in [0.1, 0.15) is 0 Å². The Morgan fingerprint density at radius 1 is 1.12 bits per heavy atom. The third-order valence-electron chi connectivity index (χ3n) is 6.61. The van der Waals surface area contributed by atoms with Gasteiger partial charge >= 0.3 is 0 Å². The van der Waals surface area contributed by atoms with Gasteiger partial charge in [0, 0.05) is 55.7 Å². The van der Waals surface area contributed by atoms with Crippen LogP contribution in [-0.4, -0.2) is 94.8 Å². The number of carbonyl (C=O) groups excluding carboxylic acids is 1. The number of aromatic hydroxyl groups is 1. The number of hydrogen-bond acceptors (Lipinski definition) is 9. The maximum Gasteiger partial charge on any atom is 0.248 e. The van der Waals surface area contributed by atoms with Crippen molar-refractivity contribution in [3.8, 4) is 17.0 Å². The van der Waals surface area contributed by atoms with E-state index in [0.717, 1.165) is 31.9 Å². The number of anilines is 4. The van der Waals surface area contributed by atoms with Crippen LogP contribution in [0.25, 0.3) is 22.3 Å². The molecule has 40 heavy (non-hydrogen) atoms. The summed E-state index contributed by atoms with van der Waals surface area (Å²) in [6.45, 7) is 4.02. The quantitative estimate of drug-likeness (QED) is 0.195. The molecule has 1 fully saturated rings. The number of H-pyrrole nitrogens is 1. The molecule has 1 amide bonds. The Hall–Kier alpha value is -4.55. The second-order valence-corrected chi connectivity index (χ2v) is 10.00. The fourth-order valence-corrected chi connectivity index (χ4v) is 4.47. The maximum atomic E-state index is 15.1. The largest absolute Gasteiger partial charge is 0.506 e. The van der Waals surface area contributed by atoms with Gasteiger partial charge in [-0.25, -0.2) is 9.37 Å². The predicted molar refractivity (Wildman–Crippen MR) is 155 cm³/mol. The first-order valence-corrected chi connectivity index (χ1v) is 12.9. The molecular weight excluding hydrogens is 513 g/mol. The van der Waals surface area contributed by atoms with Crippen LogP contribution in [0.2, 0.25) is 0 Å². The average molecular weight is 546 g/mol. The monoisotopic (exact) mass is 545 g/mol. The molecule has 1 aliphatic rings. The molecule has 2 aromatic carbocycles. The molecule has 0 radical (unpaired) electrons. The van der Waals surface area contributed by atoms with Crippen LogP contribution in [0, 0.1) is 5.82 Å². The van der Waals surface area contributed by atoms with Gasteiger partial charge in [-0.2, -0.15) is 10.1 Å². The summed E-state index contributed by atoms with van der Waals surface area (Å²) < 4.78 is 15.1. The SMILES string of the molecule is CN(C)C/C=C/C(=O)Nc1ccc(F)c(-c2nc(Nc3ccc(O)c(N4CCN(C)CC4)c3)nc3[nH]ncc23)c1. The number of rotatable bonds is 8. The number of benzene rings is 2. The molecule has 3 heterocycles. The van der Waals surface area contributed by atoms with Crippen LogP contribution >= 0.6 is 0 Å². The van der Waals surface area contributed by atoms with Gasteiger partial charge in [0.05, 0.1) is 23.0 Å². The molecular formula is C28H32FN9O2. The van der Waals surface area contributed by atoms with Crippen molar-refractivity contribution in [2.45, 2.75) is 0 Å². The van der Waals surface area contributed by atoms with Crippen molar-refractivity contribution in [1.82, 2.24) is 30.0 Å². The van der Waals surface area contributed by atoms with Crippen LogP contribution in [0.15, 0.2) is 54.7 Å². The van der Waals surface area contributed by atoms with E-state index in [1.54, 1.807) is 18.2 Å². The Kier molecular flexibility index (Phi) is 7.89. The third-order valence-corrected chi connectivity index (χ3v) is 6.61. The van der Waals surface area contributed by atoms with E-state index in [4.69, 9.17) is 0 Å². The molecule has 12 heteroatoms. The van der Waals surface area contributed by atoms with E-state index in [1.165, 1.54) is 30.5 Å². The van der Waals surface area contributed by atoms with Crippen molar-refractivity contribution in [3.05, 3.63) is 60.6 Å². The number of aromatic nitrogens is 4. The number of carbonyl (C=O) groups is 1. The van der Waals surface area contributed by atoms with Crippen molar-refractivity contribution in [1.29, 1.82) is 0 Å². The molecule has 11 nitrogen and oxygen atoms in total. The first kappa shape index (κ1) is 27.0. The number of nitrogens with one attached hydrogen (secondary N) is 3. The predicted octanol–water partition coefficient (Wildman–Crippen LogP) is 3.42. The number of nitrogens with zero attached hydrogens (tertiary/aromatic N) is 6. The van der Waals surface area contributed by atoms with Gasteiger partial charge in [-0.05, 0) is 57.5 Å². The minimum atomic E-state index is -0.504. The molecule has 0 atom stereocenters. The topological polar surface area (TPSA) is 126 Å². The maximum absolute atomic E-state index is 15.1. The normalized spacial score (nSPS) is 14.4. The van der Waals surface area contributed by atoms with Gasteiger partial charge in [0.1, 0.15) is 11.6 Å². The van der Waals surface area contributed by atoms with Crippen molar-refractivity contribution < 1.29 is 14.3 Å². The van der Waals surface area contributed by atoms with Crippen LogP contribution in [0.3, 0.4) is 0 Å². The molecule has 1 saturated heterocycles. The Labute approximate surface area is 231 Å². The van der Waals surface area contributed by atoms with Gasteiger partial charge < -0.3 is 30.4 Å². The second kappa shape index (κ2) is 11.7. The average Bonchev–Trinajstić information content (AvgIpc) is 3.40. The standard InChI is InChI=1S/C28H32FN9O2/c1-36(2)10-4-5-25(40)31-18-6-8-22(29)20(15-18)26-21-17-30-35-27(21)34-28(33-26)32-19-7-9-24(39)23(16-19)38-13-11-37(3)12-14-38/h4-9,15-17,39H,10-14H2,1-3H3,(H,31,40)(H2,30,32,33,34,35)/b5-4+. The molecule has 0 aliphatic carbocycles. The fraction of sp³-hybridized carbons (Fsp3) is 0.286. The van der Waals surface area contributed by atoms with Crippen molar-refractivity contribution in [2.24, 2.45) is 0 Å². The number of hydrogen-bond donors (Lipinski definition) is 4. The highest BCUT2D eigenvalue weighted by Gasteiger charge is 2.19. The van der Waals surface area contributed by atoms with Gasteiger partial charge in [0.2, 0.25) is 11.9 Å². The highest BCUT2D eigenvalue weighted by atomic mass is 19.1. The Balaban J connectivity index is 1.44. The fourth-order valence-electron chi connectivity index (χ4n) is 4.47. The lowest BCUT2D eigenvalue weighted by molar-refractivity contribution is -0.111. The van der Waals surface area contributed by atoms with Crippen LogP contribution < -0.4 is 15.5 Å². The van der Waals surface area contributed by atoms with Crippen molar-refractivity contribution in [2.75, 3.05) is 69.4 Å². The van der Waals surface area contributed by atoms with E-state index >= 15 is 4.39 Å². The van der Waals surface area contributed by atoms with Crippen LogP contribution in [0.4, 0.5) is 27.4 Å². The second-order valence-electron chi connectivity index (χ2n) is 10.00. The lowest BCUT2D eigenvalue weighted by Crippen LogP contribution is -2.44. The number of likely N-dealkylation sites (N-methyl/N-ethyl adjacent to an activating group) is 2. The summed E-state index contributed by atoms with van der Waals surface area (Å²) in [6, 6.07) is 9.54. The lowest BCUT2D eigenvalue weighted by atomic mass is 10.1. The first-order valence-electron chi connectivity index (χ1n) is 12.9. The summed E-state index contributed by atoms with van der Waals surface area (Å²) in [5.74, 6) is -0.405. The minimum Gasteiger partial charge on any atom is -0.506 e. The Bertz CT molecular complexity index is 1540. The molecule has 0 saturated carbocycles. The zero-order valence-electron chi connectivity index (χ0n) is 22.6. The van der Waals surface area contributed by atoms with Crippen molar-refractivity contribution in [3.63, 3.8) is 0 Å². The number of piperazine rings is 1. The number of phenols is 1. The van der Waals surface area contributed by atoms with Gasteiger partial charge in [-0.3, -0.25) is 9.89 Å². The molecule has 2 aromatic heterocycles. The molecule has 0 spiro atoms. The highest BCUT2D eigenvalue weighted by Crippen LogP contribution is 2.34. The summed E-state index contributed by atoms with van der Waals surface area (Å²) in [5, 5.41) is 23.9. The molecule has 4 N–H and O–H groups in total. The first-order chi connectivity index (χ1) is 19.3. The molecule has 0 unspecified atom stereocenters. The lowest BCUT2D eigenvalue weighted by Gasteiger charge is -2.34. The van der Waals surface area contributed by atoms with Gasteiger partial charge in [0.25, 0.3) is 0 Å².